The molecule has 0 saturated heterocycles. The van der Waals surface area contributed by atoms with E-state index >= 15 is 0 Å². The molecular formula is C15H14ClN3O3. The number of carbonyl (C=O) groups is 1. The van der Waals surface area contributed by atoms with Crippen molar-refractivity contribution in [1.29, 1.82) is 0 Å². The van der Waals surface area contributed by atoms with Gasteiger partial charge in [0.25, 0.3) is 0 Å². The highest BCUT2D eigenvalue weighted by atomic mass is 35.5. The van der Waals surface area contributed by atoms with Crippen molar-refractivity contribution in [1.82, 2.24) is 9.78 Å². The standard InChI is InChI=1S/C15H14ClN3O3/c1-2-19-10(5-6-17-19)3-4-15(20)18-12-8-14-13(7-11(12)16)21-9-22-14/h3-8H,2,9H2,1H3,(H,18,20). The van der Waals surface area contributed by atoms with E-state index in [1.165, 1.54) is 6.08 Å². The molecule has 1 aliphatic rings. The number of anilines is 1. The molecular weight excluding hydrogens is 306 g/mol. The first kappa shape index (κ1) is 14.5. The van der Waals surface area contributed by atoms with Gasteiger partial charge in [0.1, 0.15) is 0 Å². The van der Waals surface area contributed by atoms with Crippen LogP contribution in [0.4, 0.5) is 5.69 Å². The molecule has 0 unspecified atom stereocenters. The largest absolute Gasteiger partial charge is 0.454 e. The highest BCUT2D eigenvalue weighted by Crippen LogP contribution is 2.39. The zero-order valence-electron chi connectivity index (χ0n) is 11.9. The maximum Gasteiger partial charge on any atom is 0.248 e. The van der Waals surface area contributed by atoms with Gasteiger partial charge in [-0.25, -0.2) is 0 Å². The number of amides is 1. The van der Waals surface area contributed by atoms with Gasteiger partial charge in [0, 0.05) is 31.0 Å². The van der Waals surface area contributed by atoms with E-state index in [4.69, 9.17) is 21.1 Å². The lowest BCUT2D eigenvalue weighted by Gasteiger charge is -2.06. The summed E-state index contributed by atoms with van der Waals surface area (Å²) in [4.78, 5) is 12.0. The topological polar surface area (TPSA) is 65.4 Å². The van der Waals surface area contributed by atoms with Gasteiger partial charge < -0.3 is 14.8 Å². The predicted molar refractivity (Wildman–Crippen MR) is 83.1 cm³/mol. The first-order chi connectivity index (χ1) is 10.7. The first-order valence-electron chi connectivity index (χ1n) is 6.77. The van der Waals surface area contributed by atoms with Gasteiger partial charge >= 0.3 is 0 Å². The molecule has 114 valence electrons. The highest BCUT2D eigenvalue weighted by Gasteiger charge is 2.17. The lowest BCUT2D eigenvalue weighted by atomic mass is 10.2. The van der Waals surface area contributed by atoms with Crippen LogP contribution in [0, 0.1) is 0 Å². The minimum atomic E-state index is -0.287. The summed E-state index contributed by atoms with van der Waals surface area (Å²) in [5.41, 5.74) is 1.33. The molecule has 0 fully saturated rings. The summed E-state index contributed by atoms with van der Waals surface area (Å²) in [7, 11) is 0. The number of aryl methyl sites for hydroxylation is 1. The fourth-order valence-electron chi connectivity index (χ4n) is 2.10. The smallest absolute Gasteiger partial charge is 0.248 e. The molecule has 7 heteroatoms. The lowest BCUT2D eigenvalue weighted by molar-refractivity contribution is -0.111. The third kappa shape index (κ3) is 2.92. The van der Waals surface area contributed by atoms with Crippen molar-refractivity contribution in [3.05, 3.63) is 41.2 Å². The number of hydrogen-bond donors (Lipinski definition) is 1. The maximum absolute atomic E-state index is 12.0. The van der Waals surface area contributed by atoms with Crippen molar-refractivity contribution in [3.8, 4) is 11.5 Å². The molecule has 2 aromatic rings. The molecule has 0 aliphatic carbocycles. The summed E-state index contributed by atoms with van der Waals surface area (Å²) < 4.78 is 12.3. The van der Waals surface area contributed by atoms with Crippen molar-refractivity contribution >= 4 is 29.3 Å². The zero-order valence-corrected chi connectivity index (χ0v) is 12.6. The van der Waals surface area contributed by atoms with Crippen molar-refractivity contribution in [2.24, 2.45) is 0 Å². The molecule has 1 aromatic heterocycles. The van der Waals surface area contributed by atoms with Crippen molar-refractivity contribution < 1.29 is 14.3 Å². The molecule has 1 N–H and O–H groups in total. The number of rotatable bonds is 4. The number of halogens is 1. The van der Waals surface area contributed by atoms with Crippen molar-refractivity contribution in [2.45, 2.75) is 13.5 Å². The monoisotopic (exact) mass is 319 g/mol. The Hall–Kier alpha value is -2.47. The molecule has 0 radical (unpaired) electrons. The lowest BCUT2D eigenvalue weighted by Crippen LogP contribution is -2.08. The van der Waals surface area contributed by atoms with E-state index in [0.29, 0.717) is 22.2 Å². The highest BCUT2D eigenvalue weighted by molar-refractivity contribution is 6.34. The van der Waals surface area contributed by atoms with Crippen LogP contribution in [0.25, 0.3) is 6.08 Å². The minimum Gasteiger partial charge on any atom is -0.454 e. The van der Waals surface area contributed by atoms with Crippen LogP contribution in [0.5, 0.6) is 11.5 Å². The second kappa shape index (κ2) is 6.11. The Kier molecular flexibility index (Phi) is 4.02. The number of ether oxygens (including phenoxy) is 2. The van der Waals surface area contributed by atoms with Crippen LogP contribution in [0.1, 0.15) is 12.6 Å². The van der Waals surface area contributed by atoms with E-state index in [0.717, 1.165) is 12.2 Å². The first-order valence-corrected chi connectivity index (χ1v) is 7.15. The summed E-state index contributed by atoms with van der Waals surface area (Å²) in [6, 6.07) is 5.10. The second-order valence-electron chi connectivity index (χ2n) is 4.58. The fourth-order valence-corrected chi connectivity index (χ4v) is 2.30. The Morgan fingerprint density at radius 3 is 3.00 bits per heavy atom. The quantitative estimate of drug-likeness (QED) is 0.880. The molecule has 0 spiro atoms. The van der Waals surface area contributed by atoms with Crippen LogP contribution in [0.15, 0.2) is 30.5 Å². The van der Waals surface area contributed by atoms with Crippen molar-refractivity contribution in [3.63, 3.8) is 0 Å². The van der Waals surface area contributed by atoms with E-state index in [1.54, 1.807) is 29.1 Å². The minimum absolute atomic E-state index is 0.157. The second-order valence-corrected chi connectivity index (χ2v) is 4.99. The summed E-state index contributed by atoms with van der Waals surface area (Å²) in [5.74, 6) is 0.850. The summed E-state index contributed by atoms with van der Waals surface area (Å²) in [6.07, 6.45) is 4.83. The van der Waals surface area contributed by atoms with Crippen LogP contribution < -0.4 is 14.8 Å². The Bertz CT molecular complexity index is 740. The van der Waals surface area contributed by atoms with Gasteiger partial charge in [-0.15, -0.1) is 0 Å². The fraction of sp³-hybridized carbons (Fsp3) is 0.200. The molecule has 1 amide bonds. The van der Waals surface area contributed by atoms with E-state index in [9.17, 15) is 4.79 Å². The van der Waals surface area contributed by atoms with Gasteiger partial charge in [-0.05, 0) is 19.1 Å². The molecule has 0 bridgehead atoms. The van der Waals surface area contributed by atoms with Crippen LogP contribution in [0.2, 0.25) is 5.02 Å². The summed E-state index contributed by atoms with van der Waals surface area (Å²) >= 11 is 6.11. The van der Waals surface area contributed by atoms with Gasteiger partial charge in [-0.2, -0.15) is 5.10 Å². The van der Waals surface area contributed by atoms with Crippen molar-refractivity contribution in [2.75, 3.05) is 12.1 Å². The Balaban J connectivity index is 1.72. The number of hydrogen-bond acceptors (Lipinski definition) is 4. The third-order valence-electron chi connectivity index (χ3n) is 3.17. The molecule has 0 saturated carbocycles. The maximum atomic E-state index is 12.0. The predicted octanol–water partition coefficient (Wildman–Crippen LogP) is 2.94. The van der Waals surface area contributed by atoms with E-state index in [-0.39, 0.29) is 12.7 Å². The van der Waals surface area contributed by atoms with E-state index in [2.05, 4.69) is 10.4 Å². The van der Waals surface area contributed by atoms with Crippen LogP contribution in [-0.4, -0.2) is 22.5 Å². The van der Waals surface area contributed by atoms with Gasteiger partial charge in [0.2, 0.25) is 12.7 Å². The number of aromatic nitrogens is 2. The molecule has 3 rings (SSSR count). The molecule has 22 heavy (non-hydrogen) atoms. The van der Waals surface area contributed by atoms with Crippen LogP contribution in [-0.2, 0) is 11.3 Å². The zero-order chi connectivity index (χ0) is 15.5. The Morgan fingerprint density at radius 1 is 1.45 bits per heavy atom. The number of benzene rings is 1. The van der Waals surface area contributed by atoms with Crippen LogP contribution >= 0.6 is 11.6 Å². The van der Waals surface area contributed by atoms with E-state index < -0.39 is 0 Å². The number of fused-ring (bicyclic) bond motifs is 1. The number of carbonyl (C=O) groups excluding carboxylic acids is 1. The summed E-state index contributed by atoms with van der Waals surface area (Å²) in [5, 5.41) is 7.24. The Morgan fingerprint density at radius 2 is 2.23 bits per heavy atom. The molecule has 6 nitrogen and oxygen atoms in total. The molecule has 1 aromatic carbocycles. The normalized spacial score (nSPS) is 12.8. The molecule has 2 heterocycles. The molecule has 1 aliphatic heterocycles. The third-order valence-corrected chi connectivity index (χ3v) is 3.49. The Labute approximate surface area is 132 Å². The van der Waals surface area contributed by atoms with Gasteiger partial charge in [0.05, 0.1) is 16.4 Å². The molecule has 0 atom stereocenters. The van der Waals surface area contributed by atoms with Gasteiger partial charge in [-0.3, -0.25) is 9.48 Å². The summed E-state index contributed by atoms with van der Waals surface area (Å²) in [6.45, 7) is 2.88. The number of nitrogens with zero attached hydrogens (tertiary/aromatic N) is 2. The van der Waals surface area contributed by atoms with Crippen LogP contribution in [0.3, 0.4) is 0 Å². The SMILES string of the molecule is CCn1nccc1C=CC(=O)Nc1cc2c(cc1Cl)OCO2. The number of nitrogens with one attached hydrogen (secondary N) is 1. The average molecular weight is 320 g/mol. The van der Waals surface area contributed by atoms with Gasteiger partial charge in [0.15, 0.2) is 11.5 Å². The average Bonchev–Trinajstić information content (AvgIpc) is 3.13. The van der Waals surface area contributed by atoms with E-state index in [1.807, 2.05) is 13.0 Å². The van der Waals surface area contributed by atoms with Gasteiger partial charge in [-0.1, -0.05) is 11.6 Å².